The van der Waals surface area contributed by atoms with E-state index in [0.717, 1.165) is 11.3 Å². The molecule has 0 atom stereocenters. The van der Waals surface area contributed by atoms with Crippen molar-refractivity contribution < 1.29 is 17.9 Å². The van der Waals surface area contributed by atoms with Crippen LogP contribution in [0.5, 0.6) is 5.88 Å². The number of amides is 1. The molecule has 2 aromatic heterocycles. The molecule has 0 spiro atoms. The summed E-state index contributed by atoms with van der Waals surface area (Å²) in [5.41, 5.74) is 5.30. The van der Waals surface area contributed by atoms with Crippen LogP contribution in [0.3, 0.4) is 0 Å². The van der Waals surface area contributed by atoms with Crippen LogP contribution in [-0.4, -0.2) is 59.6 Å². The Labute approximate surface area is 207 Å². The molecule has 0 aliphatic carbocycles. The third kappa shape index (κ3) is 4.93. The van der Waals surface area contributed by atoms with Crippen LogP contribution < -0.4 is 15.2 Å². The summed E-state index contributed by atoms with van der Waals surface area (Å²) in [4.78, 5) is 27.5. The number of anilines is 2. The number of nitrogens with one attached hydrogen (secondary N) is 1. The number of carbonyl (C=O) groups is 1. The predicted octanol–water partition coefficient (Wildman–Crippen LogP) is 2.77. The number of nitrogens with zero attached hydrogens (tertiary/aromatic N) is 5. The molecule has 5 rings (SSSR count). The van der Waals surface area contributed by atoms with Crippen molar-refractivity contribution in [3.05, 3.63) is 65.2 Å². The summed E-state index contributed by atoms with van der Waals surface area (Å²) in [6.07, 6.45) is 6.90. The number of pyridine rings is 1. The van der Waals surface area contributed by atoms with Crippen LogP contribution >= 0.6 is 11.6 Å². The van der Waals surface area contributed by atoms with E-state index in [-0.39, 0.29) is 16.9 Å². The number of hydrogen-bond acceptors (Lipinski definition) is 9. The molecule has 1 saturated heterocycles. The normalized spacial score (nSPS) is 16.3. The summed E-state index contributed by atoms with van der Waals surface area (Å²) in [6, 6.07) is 8.21. The molecular weight excluding hydrogens is 492 g/mol. The average molecular weight is 515 g/mol. The molecule has 3 aromatic rings. The Bertz CT molecular complexity index is 1360. The lowest BCUT2D eigenvalue weighted by atomic mass is 10.1. The number of sulfone groups is 1. The summed E-state index contributed by atoms with van der Waals surface area (Å²) < 4.78 is 29.7. The van der Waals surface area contributed by atoms with Gasteiger partial charge in [-0.25, -0.2) is 23.8 Å². The molecule has 1 N–H and O–H groups in total. The second-order valence-electron chi connectivity index (χ2n) is 8.42. The minimum atomic E-state index is -3.27. The summed E-state index contributed by atoms with van der Waals surface area (Å²) in [6.45, 7) is 1.58. The lowest BCUT2D eigenvalue weighted by Crippen LogP contribution is -2.42. The van der Waals surface area contributed by atoms with Gasteiger partial charge in [-0.1, -0.05) is 11.6 Å². The van der Waals surface area contributed by atoms with Gasteiger partial charge >= 0.3 is 0 Å². The smallest absolute Gasteiger partial charge is 0.255 e. The number of aromatic nitrogens is 3. The molecule has 0 bridgehead atoms. The number of benzene rings is 1. The minimum absolute atomic E-state index is 0.0846. The Morgan fingerprint density at radius 3 is 2.57 bits per heavy atom. The lowest BCUT2D eigenvalue weighted by molar-refractivity contribution is 0.0585. The van der Waals surface area contributed by atoms with Crippen molar-refractivity contribution in [2.24, 2.45) is 0 Å². The number of hydrogen-bond donors (Lipinski definition) is 1. The molecular formula is C23H23ClN6O4S. The molecule has 0 radical (unpaired) electrons. The largest absolute Gasteiger partial charge is 0.474 e. The summed E-state index contributed by atoms with van der Waals surface area (Å²) in [7, 11) is -3.27. The van der Waals surface area contributed by atoms with Crippen molar-refractivity contribution in [1.29, 1.82) is 0 Å². The molecule has 0 saturated carbocycles. The highest BCUT2D eigenvalue weighted by atomic mass is 35.5. The van der Waals surface area contributed by atoms with Crippen LogP contribution in [0.4, 0.5) is 11.5 Å². The topological polar surface area (TPSA) is 118 Å². The molecule has 1 amide bonds. The van der Waals surface area contributed by atoms with Gasteiger partial charge in [-0.15, -0.1) is 0 Å². The number of halogens is 1. The van der Waals surface area contributed by atoms with E-state index in [1.54, 1.807) is 40.2 Å². The number of ether oxygens (including phenoxy) is 1. The van der Waals surface area contributed by atoms with Gasteiger partial charge in [-0.05, 0) is 30.3 Å². The van der Waals surface area contributed by atoms with E-state index in [9.17, 15) is 13.2 Å². The number of carbonyl (C=O) groups excluding carboxylic acids is 1. The fourth-order valence-electron chi connectivity index (χ4n) is 4.17. The molecule has 1 aromatic carbocycles. The maximum absolute atomic E-state index is 12.7. The first-order valence-electron chi connectivity index (χ1n) is 11.0. The van der Waals surface area contributed by atoms with Gasteiger partial charge in [-0.3, -0.25) is 14.8 Å². The van der Waals surface area contributed by atoms with E-state index in [2.05, 4.69) is 20.4 Å². The fraction of sp³-hybridized carbons (Fsp3) is 0.304. The van der Waals surface area contributed by atoms with Crippen molar-refractivity contribution >= 4 is 38.9 Å². The van der Waals surface area contributed by atoms with Crippen molar-refractivity contribution in [3.63, 3.8) is 0 Å². The van der Waals surface area contributed by atoms with Crippen LogP contribution in [0.15, 0.2) is 53.9 Å². The fourth-order valence-corrected chi connectivity index (χ4v) is 4.98. The first-order valence-corrected chi connectivity index (χ1v) is 13.3. The third-order valence-corrected chi connectivity index (χ3v) is 7.33. The van der Waals surface area contributed by atoms with Crippen LogP contribution in [-0.2, 0) is 16.4 Å². The summed E-state index contributed by atoms with van der Waals surface area (Å²) >= 11 is 5.96. The average Bonchev–Trinajstić information content (AvgIpc) is 3.29. The molecule has 35 heavy (non-hydrogen) atoms. The van der Waals surface area contributed by atoms with Crippen LogP contribution in [0.25, 0.3) is 0 Å². The maximum Gasteiger partial charge on any atom is 0.255 e. The Hall–Kier alpha value is -3.28. The first-order chi connectivity index (χ1) is 16.8. The zero-order chi connectivity index (χ0) is 24.6. The summed E-state index contributed by atoms with van der Waals surface area (Å²) in [5, 5.41) is 2.22. The van der Waals surface area contributed by atoms with Gasteiger partial charge in [0.1, 0.15) is 12.4 Å². The SMILES string of the molecule is CS(=O)(=O)c1ccc(N2NCc3c(OC4CCN(C(=O)c5cncc(Cl)c5)CC4)ncnc32)cc1. The Balaban J connectivity index is 1.25. The van der Waals surface area contributed by atoms with Crippen LogP contribution in [0, 0.1) is 0 Å². The van der Waals surface area contributed by atoms with E-state index in [0.29, 0.717) is 54.8 Å². The number of fused-ring (bicyclic) bond motifs is 1. The van der Waals surface area contributed by atoms with Gasteiger partial charge < -0.3 is 9.64 Å². The van der Waals surface area contributed by atoms with Crippen LogP contribution in [0.1, 0.15) is 28.8 Å². The molecule has 4 heterocycles. The summed E-state index contributed by atoms with van der Waals surface area (Å²) in [5.74, 6) is 1.06. The highest BCUT2D eigenvalue weighted by molar-refractivity contribution is 7.90. The van der Waals surface area contributed by atoms with E-state index >= 15 is 0 Å². The monoisotopic (exact) mass is 514 g/mol. The highest BCUT2D eigenvalue weighted by Gasteiger charge is 2.30. The Kier molecular flexibility index (Phi) is 6.30. The lowest BCUT2D eigenvalue weighted by Gasteiger charge is -2.32. The van der Waals surface area contributed by atoms with Gasteiger partial charge in [0.2, 0.25) is 5.88 Å². The third-order valence-electron chi connectivity index (χ3n) is 5.99. The zero-order valence-corrected chi connectivity index (χ0v) is 20.5. The second-order valence-corrected chi connectivity index (χ2v) is 10.9. The van der Waals surface area contributed by atoms with Gasteiger partial charge in [0, 0.05) is 51.1 Å². The van der Waals surface area contributed by atoms with Crippen molar-refractivity contribution in [2.75, 3.05) is 24.4 Å². The predicted molar refractivity (Wildman–Crippen MR) is 129 cm³/mol. The van der Waals surface area contributed by atoms with Crippen LogP contribution in [0.2, 0.25) is 5.02 Å². The van der Waals surface area contributed by atoms with Gasteiger partial charge in [0.05, 0.1) is 26.7 Å². The Morgan fingerprint density at radius 2 is 1.89 bits per heavy atom. The first kappa shape index (κ1) is 23.5. The quantitative estimate of drug-likeness (QED) is 0.548. The van der Waals surface area contributed by atoms with Gasteiger partial charge in [-0.2, -0.15) is 0 Å². The van der Waals surface area contributed by atoms with E-state index in [4.69, 9.17) is 16.3 Å². The van der Waals surface area contributed by atoms with E-state index in [1.807, 2.05) is 0 Å². The molecule has 1 fully saturated rings. The standard InChI is InChI=1S/C23H23ClN6O4S/c1-35(32,33)19-4-2-17(3-5-19)30-21-20(13-28-30)22(27-14-26-21)34-18-6-8-29(9-7-18)23(31)15-10-16(24)12-25-11-15/h2-5,10-12,14,18,28H,6-9,13H2,1H3. The van der Waals surface area contributed by atoms with Crippen molar-refractivity contribution in [2.45, 2.75) is 30.4 Å². The maximum atomic E-state index is 12.7. The Morgan fingerprint density at radius 1 is 1.14 bits per heavy atom. The van der Waals surface area contributed by atoms with E-state index in [1.165, 1.54) is 25.0 Å². The van der Waals surface area contributed by atoms with Crippen molar-refractivity contribution in [3.8, 4) is 5.88 Å². The molecule has 2 aliphatic heterocycles. The van der Waals surface area contributed by atoms with Gasteiger partial charge in [0.15, 0.2) is 15.7 Å². The molecule has 10 nitrogen and oxygen atoms in total. The minimum Gasteiger partial charge on any atom is -0.474 e. The van der Waals surface area contributed by atoms with Crippen molar-refractivity contribution in [1.82, 2.24) is 25.3 Å². The number of rotatable bonds is 5. The number of piperidine rings is 1. The number of hydrazine groups is 1. The van der Waals surface area contributed by atoms with E-state index < -0.39 is 9.84 Å². The molecule has 0 unspecified atom stereocenters. The molecule has 12 heteroatoms. The van der Waals surface area contributed by atoms with Gasteiger partial charge in [0.25, 0.3) is 5.91 Å². The number of likely N-dealkylation sites (tertiary alicyclic amines) is 1. The molecule has 182 valence electrons. The second kappa shape index (κ2) is 9.40. The zero-order valence-electron chi connectivity index (χ0n) is 18.9. The molecule has 2 aliphatic rings. The highest BCUT2D eigenvalue weighted by Crippen LogP contribution is 2.35.